The lowest BCUT2D eigenvalue weighted by Gasteiger charge is -2.32. The van der Waals surface area contributed by atoms with E-state index in [-0.39, 0.29) is 17.4 Å². The van der Waals surface area contributed by atoms with E-state index in [1.807, 2.05) is 20.8 Å². The maximum atomic E-state index is 12.9. The lowest BCUT2D eigenvalue weighted by molar-refractivity contribution is -0.127. The van der Waals surface area contributed by atoms with Gasteiger partial charge in [-0.1, -0.05) is 0 Å². The molecular weight excluding hydrogens is 340 g/mol. The van der Waals surface area contributed by atoms with Crippen LogP contribution in [0, 0.1) is 12.8 Å². The Morgan fingerprint density at radius 1 is 1.24 bits per heavy atom. The summed E-state index contributed by atoms with van der Waals surface area (Å²) in [4.78, 5) is 12.6. The second-order valence-electron chi connectivity index (χ2n) is 7.55. The van der Waals surface area contributed by atoms with Crippen LogP contribution in [-0.2, 0) is 14.8 Å². The van der Waals surface area contributed by atoms with Crippen molar-refractivity contribution in [2.75, 3.05) is 20.2 Å². The normalized spacial score (nSPS) is 17.3. The Morgan fingerprint density at radius 3 is 2.32 bits per heavy atom. The third-order valence-corrected chi connectivity index (χ3v) is 6.38. The summed E-state index contributed by atoms with van der Waals surface area (Å²) in [5, 5.41) is 2.98. The number of nitrogens with one attached hydrogen (secondary N) is 1. The van der Waals surface area contributed by atoms with Crippen molar-refractivity contribution in [2.45, 2.75) is 51.0 Å². The number of amides is 1. The lowest BCUT2D eigenvalue weighted by atomic mass is 9.96. The molecule has 0 saturated carbocycles. The molecule has 0 aliphatic carbocycles. The van der Waals surface area contributed by atoms with E-state index in [0.717, 1.165) is 0 Å². The van der Waals surface area contributed by atoms with Gasteiger partial charge in [0.25, 0.3) is 0 Å². The average Bonchev–Trinajstić information content (AvgIpc) is 2.53. The van der Waals surface area contributed by atoms with Gasteiger partial charge in [0.15, 0.2) is 0 Å². The number of hydrogen-bond donors (Lipinski definition) is 1. The van der Waals surface area contributed by atoms with E-state index in [4.69, 9.17) is 4.74 Å². The molecule has 0 atom stereocenters. The van der Waals surface area contributed by atoms with E-state index < -0.39 is 10.0 Å². The monoisotopic (exact) mass is 368 g/mol. The maximum absolute atomic E-state index is 12.9. The van der Waals surface area contributed by atoms with Gasteiger partial charge in [-0.3, -0.25) is 4.79 Å². The van der Waals surface area contributed by atoms with Crippen molar-refractivity contribution in [2.24, 2.45) is 5.92 Å². The van der Waals surface area contributed by atoms with Gasteiger partial charge in [-0.25, -0.2) is 8.42 Å². The van der Waals surface area contributed by atoms with E-state index in [2.05, 4.69) is 5.32 Å². The largest absolute Gasteiger partial charge is 0.497 e. The Balaban J connectivity index is 2.08. The Morgan fingerprint density at radius 2 is 1.84 bits per heavy atom. The summed E-state index contributed by atoms with van der Waals surface area (Å²) in [5.74, 6) is 0.502. The number of carbonyl (C=O) groups excluding carboxylic acids is 1. The third kappa shape index (κ3) is 4.73. The molecule has 7 heteroatoms. The zero-order valence-corrected chi connectivity index (χ0v) is 16.4. The summed E-state index contributed by atoms with van der Waals surface area (Å²) in [6.45, 7) is 8.30. The average molecular weight is 368 g/mol. The molecule has 1 saturated heterocycles. The van der Waals surface area contributed by atoms with Gasteiger partial charge in [0.05, 0.1) is 12.0 Å². The first-order valence-electron chi connectivity index (χ1n) is 8.51. The topological polar surface area (TPSA) is 75.7 Å². The van der Waals surface area contributed by atoms with E-state index in [0.29, 0.717) is 42.1 Å². The van der Waals surface area contributed by atoms with Gasteiger partial charge in [0, 0.05) is 24.5 Å². The molecule has 140 valence electrons. The van der Waals surface area contributed by atoms with Crippen LogP contribution < -0.4 is 10.1 Å². The smallest absolute Gasteiger partial charge is 0.243 e. The van der Waals surface area contributed by atoms with Crippen molar-refractivity contribution in [1.82, 2.24) is 9.62 Å². The van der Waals surface area contributed by atoms with Gasteiger partial charge in [0.1, 0.15) is 5.75 Å². The number of piperidine rings is 1. The number of ether oxygens (including phenoxy) is 1. The van der Waals surface area contributed by atoms with Crippen LogP contribution in [0.1, 0.15) is 39.2 Å². The number of aryl methyl sites for hydroxylation is 1. The van der Waals surface area contributed by atoms with Crippen molar-refractivity contribution in [3.05, 3.63) is 23.8 Å². The zero-order valence-electron chi connectivity index (χ0n) is 15.6. The molecule has 1 heterocycles. The van der Waals surface area contributed by atoms with Gasteiger partial charge in [-0.2, -0.15) is 4.31 Å². The van der Waals surface area contributed by atoms with Crippen LogP contribution in [0.5, 0.6) is 5.75 Å². The summed E-state index contributed by atoms with van der Waals surface area (Å²) in [7, 11) is -2.00. The molecule has 25 heavy (non-hydrogen) atoms. The minimum Gasteiger partial charge on any atom is -0.497 e. The molecule has 0 unspecified atom stereocenters. The van der Waals surface area contributed by atoms with Crippen molar-refractivity contribution in [3.63, 3.8) is 0 Å². The number of benzene rings is 1. The SMILES string of the molecule is COc1ccc(S(=O)(=O)N2CCC(C(=O)NC(C)(C)C)CC2)c(C)c1. The third-order valence-electron chi connectivity index (χ3n) is 4.32. The van der Waals surface area contributed by atoms with Crippen molar-refractivity contribution < 1.29 is 17.9 Å². The van der Waals surface area contributed by atoms with E-state index in [9.17, 15) is 13.2 Å². The number of carbonyl (C=O) groups is 1. The fourth-order valence-corrected chi connectivity index (χ4v) is 4.68. The summed E-state index contributed by atoms with van der Waals surface area (Å²) in [5.41, 5.74) is 0.382. The van der Waals surface area contributed by atoms with Gasteiger partial charge in [0.2, 0.25) is 15.9 Å². The fourth-order valence-electron chi connectivity index (χ4n) is 3.01. The lowest BCUT2D eigenvalue weighted by Crippen LogP contribution is -2.47. The standard InChI is InChI=1S/C18H28N2O4S/c1-13-12-15(24-5)6-7-16(13)25(22,23)20-10-8-14(9-11-20)17(21)19-18(2,3)4/h6-7,12,14H,8-11H2,1-5H3,(H,19,21). The van der Waals surface area contributed by atoms with Crippen LogP contribution in [0.2, 0.25) is 0 Å². The van der Waals surface area contributed by atoms with Gasteiger partial charge in [-0.05, 0) is 64.3 Å². The molecular formula is C18H28N2O4S. The van der Waals surface area contributed by atoms with Gasteiger partial charge < -0.3 is 10.1 Å². The number of nitrogens with zero attached hydrogens (tertiary/aromatic N) is 1. The molecule has 1 aromatic rings. The first kappa shape index (κ1) is 19.7. The summed E-state index contributed by atoms with van der Waals surface area (Å²) in [6.07, 6.45) is 1.08. The molecule has 1 aliphatic rings. The maximum Gasteiger partial charge on any atom is 0.243 e. The van der Waals surface area contributed by atoms with Crippen LogP contribution in [-0.4, -0.2) is 44.4 Å². The van der Waals surface area contributed by atoms with Gasteiger partial charge >= 0.3 is 0 Å². The van der Waals surface area contributed by atoms with E-state index in [1.54, 1.807) is 32.2 Å². The minimum atomic E-state index is -3.56. The molecule has 0 spiro atoms. The van der Waals surface area contributed by atoms with Crippen molar-refractivity contribution in [1.29, 1.82) is 0 Å². The first-order valence-corrected chi connectivity index (χ1v) is 9.95. The minimum absolute atomic E-state index is 0.00479. The van der Waals surface area contributed by atoms with Crippen LogP contribution >= 0.6 is 0 Å². The second kappa shape index (κ2) is 7.33. The molecule has 2 rings (SSSR count). The van der Waals surface area contributed by atoms with Gasteiger partial charge in [-0.15, -0.1) is 0 Å². The molecule has 1 fully saturated rings. The molecule has 6 nitrogen and oxygen atoms in total. The Labute approximate surface area is 150 Å². The van der Waals surface area contributed by atoms with Crippen molar-refractivity contribution >= 4 is 15.9 Å². The number of hydrogen-bond acceptors (Lipinski definition) is 4. The predicted octanol–water partition coefficient (Wildman–Crippen LogP) is 2.32. The highest BCUT2D eigenvalue weighted by atomic mass is 32.2. The quantitative estimate of drug-likeness (QED) is 0.885. The number of rotatable bonds is 4. The number of sulfonamides is 1. The van der Waals surface area contributed by atoms with Crippen LogP contribution in [0.3, 0.4) is 0 Å². The fraction of sp³-hybridized carbons (Fsp3) is 0.611. The summed E-state index contributed by atoms with van der Waals surface area (Å²) in [6, 6.07) is 4.96. The Kier molecular flexibility index (Phi) is 5.79. The van der Waals surface area contributed by atoms with Crippen molar-refractivity contribution in [3.8, 4) is 5.75 Å². The second-order valence-corrected chi connectivity index (χ2v) is 9.46. The van der Waals surface area contributed by atoms with E-state index in [1.165, 1.54) is 4.31 Å². The molecule has 1 aromatic carbocycles. The molecule has 1 aliphatic heterocycles. The molecule has 0 bridgehead atoms. The van der Waals surface area contributed by atoms with Crippen LogP contribution in [0.15, 0.2) is 23.1 Å². The highest BCUT2D eigenvalue weighted by molar-refractivity contribution is 7.89. The predicted molar refractivity (Wildman–Crippen MR) is 97.1 cm³/mol. The first-order chi connectivity index (χ1) is 11.5. The van der Waals surface area contributed by atoms with Crippen LogP contribution in [0.25, 0.3) is 0 Å². The molecule has 1 amide bonds. The summed E-state index contributed by atoms with van der Waals surface area (Å²) >= 11 is 0. The van der Waals surface area contributed by atoms with Crippen LogP contribution in [0.4, 0.5) is 0 Å². The Bertz CT molecular complexity index is 730. The highest BCUT2D eigenvalue weighted by Gasteiger charge is 2.33. The number of methoxy groups -OCH3 is 1. The molecule has 0 aromatic heterocycles. The molecule has 0 radical (unpaired) electrons. The molecule has 1 N–H and O–H groups in total. The summed E-state index contributed by atoms with van der Waals surface area (Å²) < 4.78 is 32.4. The highest BCUT2D eigenvalue weighted by Crippen LogP contribution is 2.28. The Hall–Kier alpha value is -1.60. The van der Waals surface area contributed by atoms with E-state index >= 15 is 0 Å². The zero-order chi connectivity index (χ0) is 18.8.